The van der Waals surface area contributed by atoms with E-state index < -0.39 is 5.41 Å². The molecule has 0 aliphatic carbocycles. The third-order valence-electron chi connectivity index (χ3n) is 2.05. The van der Waals surface area contributed by atoms with Gasteiger partial charge in [-0.1, -0.05) is 0 Å². The van der Waals surface area contributed by atoms with E-state index in [9.17, 15) is 4.79 Å². The second-order valence-electron chi connectivity index (χ2n) is 3.91. The maximum Gasteiger partial charge on any atom is 0.311 e. The zero-order valence-corrected chi connectivity index (χ0v) is 9.69. The van der Waals surface area contributed by atoms with Gasteiger partial charge < -0.3 is 4.74 Å². The number of hydrogen-bond donors (Lipinski definition) is 0. The van der Waals surface area contributed by atoms with Crippen molar-refractivity contribution < 1.29 is 9.53 Å². The molecule has 0 aromatic carbocycles. The number of ether oxygens (including phenoxy) is 1. The summed E-state index contributed by atoms with van der Waals surface area (Å²) >= 11 is 1.65. The summed E-state index contributed by atoms with van der Waals surface area (Å²) in [6, 6.07) is 2.05. The van der Waals surface area contributed by atoms with Crippen LogP contribution in [-0.4, -0.2) is 12.6 Å². The van der Waals surface area contributed by atoms with Gasteiger partial charge in [-0.15, -0.1) is 0 Å². The average molecular weight is 212 g/mol. The van der Waals surface area contributed by atoms with Crippen molar-refractivity contribution in [3.8, 4) is 0 Å². The van der Waals surface area contributed by atoms with Crippen LogP contribution >= 0.6 is 11.3 Å². The first-order chi connectivity index (χ1) is 6.56. The van der Waals surface area contributed by atoms with Gasteiger partial charge in [-0.05, 0) is 49.6 Å². The summed E-state index contributed by atoms with van der Waals surface area (Å²) in [5.41, 5.74) is 0.782. The molecule has 1 heterocycles. The lowest BCUT2D eigenvalue weighted by molar-refractivity contribution is -0.153. The Bertz CT molecular complexity index is 288. The molecule has 0 fully saturated rings. The first-order valence-electron chi connectivity index (χ1n) is 4.74. The molecule has 0 spiro atoms. The van der Waals surface area contributed by atoms with Crippen LogP contribution in [0, 0.1) is 5.41 Å². The molecule has 0 saturated heterocycles. The van der Waals surface area contributed by atoms with E-state index in [1.165, 1.54) is 5.56 Å². The number of carbonyl (C=O) groups excluding carboxylic acids is 1. The average Bonchev–Trinajstić information content (AvgIpc) is 2.56. The first kappa shape index (κ1) is 11.2. The summed E-state index contributed by atoms with van der Waals surface area (Å²) in [7, 11) is 0. The molecule has 2 nitrogen and oxygen atoms in total. The number of esters is 1. The van der Waals surface area contributed by atoms with Gasteiger partial charge in [-0.3, -0.25) is 4.79 Å². The molecule has 0 N–H and O–H groups in total. The summed E-state index contributed by atoms with van der Waals surface area (Å²) in [5, 5.41) is 4.09. The fraction of sp³-hybridized carbons (Fsp3) is 0.545. The number of hydrogen-bond acceptors (Lipinski definition) is 3. The third kappa shape index (κ3) is 2.84. The largest absolute Gasteiger partial charge is 0.466 e. The molecule has 1 aromatic heterocycles. The summed E-state index contributed by atoms with van der Waals surface area (Å²) in [6.45, 7) is 6.12. The monoisotopic (exact) mass is 212 g/mol. The smallest absolute Gasteiger partial charge is 0.311 e. The second kappa shape index (κ2) is 4.60. The van der Waals surface area contributed by atoms with Crippen LogP contribution in [0.2, 0.25) is 0 Å². The third-order valence-corrected chi connectivity index (χ3v) is 2.79. The molecule has 78 valence electrons. The van der Waals surface area contributed by atoms with Crippen molar-refractivity contribution in [3.05, 3.63) is 22.4 Å². The normalized spacial score (nSPS) is 11.4. The zero-order chi connectivity index (χ0) is 10.6. The predicted octanol–water partition coefficient (Wildman–Crippen LogP) is 2.88. The SMILES string of the molecule is CCOC(=O)C(C)(C)Cc1ccsc1. The Hall–Kier alpha value is -0.830. The van der Waals surface area contributed by atoms with E-state index in [-0.39, 0.29) is 5.97 Å². The van der Waals surface area contributed by atoms with E-state index in [1.54, 1.807) is 11.3 Å². The molecule has 0 amide bonds. The van der Waals surface area contributed by atoms with E-state index in [2.05, 4.69) is 5.38 Å². The molecule has 0 atom stereocenters. The number of thiophene rings is 1. The van der Waals surface area contributed by atoms with E-state index in [1.807, 2.05) is 32.2 Å². The van der Waals surface area contributed by atoms with Gasteiger partial charge in [0.2, 0.25) is 0 Å². The summed E-state index contributed by atoms with van der Waals surface area (Å²) in [6.07, 6.45) is 0.745. The Balaban J connectivity index is 2.61. The molecule has 1 rings (SSSR count). The maximum absolute atomic E-state index is 11.6. The highest BCUT2D eigenvalue weighted by Gasteiger charge is 2.29. The van der Waals surface area contributed by atoms with E-state index >= 15 is 0 Å². The Morgan fingerprint density at radius 1 is 1.57 bits per heavy atom. The van der Waals surface area contributed by atoms with E-state index in [4.69, 9.17) is 4.74 Å². The summed E-state index contributed by atoms with van der Waals surface area (Å²) in [4.78, 5) is 11.6. The van der Waals surface area contributed by atoms with Crippen LogP contribution in [0.1, 0.15) is 26.3 Å². The van der Waals surface area contributed by atoms with Crippen LogP contribution in [0.15, 0.2) is 16.8 Å². The van der Waals surface area contributed by atoms with Crippen LogP contribution in [0.4, 0.5) is 0 Å². The molecular weight excluding hydrogens is 196 g/mol. The zero-order valence-electron chi connectivity index (χ0n) is 8.87. The molecule has 3 heteroatoms. The van der Waals surface area contributed by atoms with Crippen molar-refractivity contribution in [1.82, 2.24) is 0 Å². The van der Waals surface area contributed by atoms with Crippen molar-refractivity contribution in [2.75, 3.05) is 6.61 Å². The predicted molar refractivity (Wildman–Crippen MR) is 58.4 cm³/mol. The van der Waals surface area contributed by atoms with Crippen molar-refractivity contribution >= 4 is 17.3 Å². The molecule has 0 bridgehead atoms. The molecular formula is C11H16O2S. The molecule has 0 unspecified atom stereocenters. The molecule has 0 aliphatic heterocycles. The summed E-state index contributed by atoms with van der Waals surface area (Å²) < 4.78 is 5.02. The van der Waals surface area contributed by atoms with Crippen LogP contribution in [0.3, 0.4) is 0 Å². The molecule has 14 heavy (non-hydrogen) atoms. The highest BCUT2D eigenvalue weighted by Crippen LogP contribution is 2.24. The van der Waals surface area contributed by atoms with Gasteiger partial charge in [0, 0.05) is 0 Å². The van der Waals surface area contributed by atoms with Crippen LogP contribution in [0.25, 0.3) is 0 Å². The van der Waals surface area contributed by atoms with Gasteiger partial charge in [0.15, 0.2) is 0 Å². The highest BCUT2D eigenvalue weighted by atomic mass is 32.1. The highest BCUT2D eigenvalue weighted by molar-refractivity contribution is 7.07. The van der Waals surface area contributed by atoms with Gasteiger partial charge in [0.1, 0.15) is 0 Å². The molecule has 0 saturated carbocycles. The Morgan fingerprint density at radius 2 is 2.29 bits per heavy atom. The lowest BCUT2D eigenvalue weighted by Gasteiger charge is -2.21. The van der Waals surface area contributed by atoms with Gasteiger partial charge in [-0.25, -0.2) is 0 Å². The minimum atomic E-state index is -0.420. The van der Waals surface area contributed by atoms with Crippen LogP contribution in [0.5, 0.6) is 0 Å². The second-order valence-corrected chi connectivity index (χ2v) is 4.69. The number of rotatable bonds is 4. The maximum atomic E-state index is 11.6. The van der Waals surface area contributed by atoms with Crippen LogP contribution < -0.4 is 0 Å². The Kier molecular flexibility index (Phi) is 3.69. The Morgan fingerprint density at radius 3 is 2.79 bits per heavy atom. The van der Waals surface area contributed by atoms with Crippen molar-refractivity contribution in [2.24, 2.45) is 5.41 Å². The number of carbonyl (C=O) groups is 1. The topological polar surface area (TPSA) is 26.3 Å². The quantitative estimate of drug-likeness (QED) is 0.717. The van der Waals surface area contributed by atoms with Gasteiger partial charge in [0.05, 0.1) is 12.0 Å². The van der Waals surface area contributed by atoms with Gasteiger partial charge in [-0.2, -0.15) is 11.3 Å². The van der Waals surface area contributed by atoms with Gasteiger partial charge >= 0.3 is 5.97 Å². The lowest BCUT2D eigenvalue weighted by atomic mass is 9.87. The van der Waals surface area contributed by atoms with E-state index in [0.717, 1.165) is 6.42 Å². The van der Waals surface area contributed by atoms with Crippen LogP contribution in [-0.2, 0) is 16.0 Å². The minimum absolute atomic E-state index is 0.119. The lowest BCUT2D eigenvalue weighted by Crippen LogP contribution is -2.28. The molecule has 0 radical (unpaired) electrons. The molecule has 0 aliphatic rings. The Labute approximate surface area is 88.9 Å². The van der Waals surface area contributed by atoms with Crippen molar-refractivity contribution in [1.29, 1.82) is 0 Å². The standard InChI is InChI=1S/C11H16O2S/c1-4-13-10(12)11(2,3)7-9-5-6-14-8-9/h5-6,8H,4,7H2,1-3H3. The van der Waals surface area contributed by atoms with Crippen molar-refractivity contribution in [3.63, 3.8) is 0 Å². The summed E-state index contributed by atoms with van der Waals surface area (Å²) in [5.74, 6) is -0.119. The molecule has 1 aromatic rings. The van der Waals surface area contributed by atoms with E-state index in [0.29, 0.717) is 6.61 Å². The fourth-order valence-corrected chi connectivity index (χ4v) is 1.97. The minimum Gasteiger partial charge on any atom is -0.466 e. The first-order valence-corrected chi connectivity index (χ1v) is 5.69. The van der Waals surface area contributed by atoms with Crippen molar-refractivity contribution in [2.45, 2.75) is 27.2 Å². The fourth-order valence-electron chi connectivity index (χ4n) is 1.30. The van der Waals surface area contributed by atoms with Gasteiger partial charge in [0.25, 0.3) is 0 Å².